The van der Waals surface area contributed by atoms with Gasteiger partial charge in [-0.3, -0.25) is 4.79 Å². The highest BCUT2D eigenvalue weighted by Crippen LogP contribution is 2.37. The van der Waals surface area contributed by atoms with Crippen LogP contribution in [-0.2, 0) is 13.2 Å². The predicted octanol–water partition coefficient (Wildman–Crippen LogP) is 7.29. The van der Waals surface area contributed by atoms with E-state index in [1.54, 1.807) is 31.3 Å². The zero-order valence-electron chi connectivity index (χ0n) is 19.4. The predicted molar refractivity (Wildman–Crippen MR) is 127 cm³/mol. The Kier molecular flexibility index (Phi) is 12.7. The molecule has 182 valence electrons. The van der Waals surface area contributed by atoms with E-state index in [1.165, 1.54) is 23.8 Å². The number of hydrogen-bond acceptors (Lipinski definition) is 2. The van der Waals surface area contributed by atoms with E-state index in [0.29, 0.717) is 11.3 Å². The van der Waals surface area contributed by atoms with Gasteiger partial charge < -0.3 is 10.3 Å². The number of benzene rings is 2. The summed E-state index contributed by atoms with van der Waals surface area (Å²) in [5.41, 5.74) is 5.85. The van der Waals surface area contributed by atoms with Gasteiger partial charge in [-0.1, -0.05) is 38.5 Å². The van der Waals surface area contributed by atoms with Gasteiger partial charge >= 0.3 is 6.18 Å². The molecule has 0 radical (unpaired) electrons. The Balaban J connectivity index is 0.000000551. The quantitative estimate of drug-likeness (QED) is 0.182. The van der Waals surface area contributed by atoms with Gasteiger partial charge in [0.1, 0.15) is 11.6 Å². The number of ketones is 1. The van der Waals surface area contributed by atoms with Crippen molar-refractivity contribution in [1.29, 1.82) is 0 Å². The lowest BCUT2D eigenvalue weighted by Gasteiger charge is -2.11. The van der Waals surface area contributed by atoms with Gasteiger partial charge in [0.05, 0.1) is 16.8 Å². The standard InChI is InChI=1S/C12H11F3N2.C8H6F2O.C4H4.C2H6/c1-17-7-6-10(12(13,14)15)11(17)8-2-4-9(16)5-3-8;1-5(11)7-4-6(9)2-3-8(7)10;1-3-4-2;1-2/h2-7H,16H2,1H3;2-4H,1H3;1,4H,2H2;1-2H3. The minimum atomic E-state index is -4.35. The van der Waals surface area contributed by atoms with Crippen LogP contribution >= 0.6 is 0 Å². The Labute approximate surface area is 196 Å². The largest absolute Gasteiger partial charge is 0.418 e. The van der Waals surface area contributed by atoms with Crippen LogP contribution < -0.4 is 5.73 Å². The minimum Gasteiger partial charge on any atom is -0.399 e. The number of alkyl halides is 3. The Morgan fingerprint density at radius 3 is 2.03 bits per heavy atom. The van der Waals surface area contributed by atoms with Crippen LogP contribution in [0.5, 0.6) is 0 Å². The van der Waals surface area contributed by atoms with Crippen molar-refractivity contribution in [3.8, 4) is 23.6 Å². The molecule has 0 bridgehead atoms. The number of rotatable bonds is 2. The van der Waals surface area contributed by atoms with E-state index in [-0.39, 0.29) is 11.3 Å². The second-order valence-electron chi connectivity index (χ2n) is 6.36. The van der Waals surface area contributed by atoms with Crippen molar-refractivity contribution in [1.82, 2.24) is 4.57 Å². The van der Waals surface area contributed by atoms with E-state index >= 15 is 0 Å². The highest BCUT2D eigenvalue weighted by atomic mass is 19.4. The van der Waals surface area contributed by atoms with Crippen molar-refractivity contribution >= 4 is 11.5 Å². The van der Waals surface area contributed by atoms with Gasteiger partial charge in [0.25, 0.3) is 0 Å². The first-order chi connectivity index (χ1) is 15.9. The molecule has 0 aliphatic rings. The van der Waals surface area contributed by atoms with Gasteiger partial charge in [0, 0.05) is 18.9 Å². The van der Waals surface area contributed by atoms with Crippen LogP contribution in [0.3, 0.4) is 0 Å². The number of allylic oxidation sites excluding steroid dienone is 1. The number of nitrogens with zero attached hydrogens (tertiary/aromatic N) is 1. The number of nitrogens with two attached hydrogens (primary N) is 1. The average molecular weight is 479 g/mol. The van der Waals surface area contributed by atoms with Gasteiger partial charge in [-0.2, -0.15) is 13.2 Å². The van der Waals surface area contributed by atoms with E-state index in [2.05, 4.69) is 18.9 Å². The molecule has 3 rings (SSSR count). The van der Waals surface area contributed by atoms with E-state index in [0.717, 1.165) is 24.3 Å². The van der Waals surface area contributed by atoms with Crippen LogP contribution in [0.1, 0.15) is 36.7 Å². The lowest BCUT2D eigenvalue weighted by Crippen LogP contribution is -2.06. The number of terminal acetylenes is 1. The fraction of sp³-hybridized carbons (Fsp3) is 0.192. The van der Waals surface area contributed by atoms with E-state index < -0.39 is 29.2 Å². The maximum absolute atomic E-state index is 12.8. The monoisotopic (exact) mass is 478 g/mol. The second-order valence-corrected chi connectivity index (χ2v) is 6.36. The Bertz CT molecular complexity index is 1110. The number of anilines is 1. The summed E-state index contributed by atoms with van der Waals surface area (Å²) in [5, 5.41) is 0. The summed E-state index contributed by atoms with van der Waals surface area (Å²) in [5.74, 6) is 0.442. The summed E-state index contributed by atoms with van der Waals surface area (Å²) in [6, 6.07) is 10.2. The van der Waals surface area contributed by atoms with Gasteiger partial charge in [-0.05, 0) is 55.0 Å². The molecule has 0 spiro atoms. The first kappa shape index (κ1) is 30.1. The summed E-state index contributed by atoms with van der Waals surface area (Å²) in [7, 11) is 1.58. The summed E-state index contributed by atoms with van der Waals surface area (Å²) in [4.78, 5) is 10.6. The van der Waals surface area contributed by atoms with Gasteiger partial charge in [0.15, 0.2) is 5.78 Å². The smallest absolute Gasteiger partial charge is 0.399 e. The Morgan fingerprint density at radius 2 is 1.62 bits per heavy atom. The molecule has 1 heterocycles. The molecule has 0 saturated heterocycles. The van der Waals surface area contributed by atoms with Gasteiger partial charge in [-0.25, -0.2) is 8.78 Å². The molecule has 1 aromatic heterocycles. The normalized spacial score (nSPS) is 9.65. The van der Waals surface area contributed by atoms with E-state index in [1.807, 2.05) is 13.8 Å². The minimum absolute atomic E-state index is 0.150. The Hall–Kier alpha value is -3.86. The molecular formula is C26H27F5N2O. The summed E-state index contributed by atoms with van der Waals surface area (Å²) in [6.45, 7) is 8.44. The first-order valence-corrected chi connectivity index (χ1v) is 10.0. The topological polar surface area (TPSA) is 48.0 Å². The number of aromatic nitrogens is 1. The summed E-state index contributed by atoms with van der Waals surface area (Å²) < 4.78 is 64.8. The van der Waals surface area contributed by atoms with Crippen LogP contribution in [0.25, 0.3) is 11.3 Å². The fourth-order valence-electron chi connectivity index (χ4n) is 2.53. The van der Waals surface area contributed by atoms with E-state index in [9.17, 15) is 26.7 Å². The van der Waals surface area contributed by atoms with Crippen molar-refractivity contribution in [2.75, 3.05) is 5.73 Å². The van der Waals surface area contributed by atoms with Crippen molar-refractivity contribution in [2.45, 2.75) is 26.9 Å². The number of halogens is 5. The van der Waals surface area contributed by atoms with Crippen molar-refractivity contribution in [3.05, 3.63) is 90.1 Å². The average Bonchev–Trinajstić information content (AvgIpc) is 3.20. The van der Waals surface area contributed by atoms with Crippen LogP contribution in [0.4, 0.5) is 27.6 Å². The summed E-state index contributed by atoms with van der Waals surface area (Å²) in [6.07, 6.45) is 3.11. The number of carbonyl (C=O) groups excluding carboxylic acids is 1. The molecule has 0 aliphatic heterocycles. The molecule has 3 aromatic rings. The lowest BCUT2D eigenvalue weighted by molar-refractivity contribution is -0.137. The zero-order valence-corrected chi connectivity index (χ0v) is 19.4. The third-order valence-corrected chi connectivity index (χ3v) is 3.99. The fourth-order valence-corrected chi connectivity index (χ4v) is 2.53. The van der Waals surface area contributed by atoms with Crippen LogP contribution in [-0.4, -0.2) is 10.4 Å². The zero-order chi connectivity index (χ0) is 26.5. The molecule has 3 nitrogen and oxygen atoms in total. The third-order valence-electron chi connectivity index (χ3n) is 3.99. The maximum atomic E-state index is 12.8. The summed E-state index contributed by atoms with van der Waals surface area (Å²) >= 11 is 0. The molecule has 8 heteroatoms. The van der Waals surface area contributed by atoms with Crippen LogP contribution in [0.15, 0.2) is 67.4 Å². The van der Waals surface area contributed by atoms with Gasteiger partial charge in [0.2, 0.25) is 0 Å². The molecular weight excluding hydrogens is 451 g/mol. The van der Waals surface area contributed by atoms with Gasteiger partial charge in [-0.15, -0.1) is 6.42 Å². The maximum Gasteiger partial charge on any atom is 0.418 e. The van der Waals surface area contributed by atoms with Crippen molar-refractivity contribution in [3.63, 3.8) is 0 Å². The SMILES string of the molecule is C#CC=C.CC.CC(=O)c1cc(F)ccc1F.Cn1ccc(C(F)(F)F)c1-c1ccc(N)cc1. The lowest BCUT2D eigenvalue weighted by atomic mass is 10.1. The first-order valence-electron chi connectivity index (χ1n) is 10.0. The van der Waals surface area contributed by atoms with Crippen LogP contribution in [0.2, 0.25) is 0 Å². The highest BCUT2D eigenvalue weighted by Gasteiger charge is 2.35. The molecule has 0 fully saturated rings. The molecule has 0 amide bonds. The van der Waals surface area contributed by atoms with Crippen molar-refractivity contribution in [2.24, 2.45) is 7.05 Å². The molecule has 0 aliphatic carbocycles. The molecule has 2 N–H and O–H groups in total. The molecule has 2 aromatic carbocycles. The van der Waals surface area contributed by atoms with Crippen LogP contribution in [0, 0.1) is 24.0 Å². The molecule has 0 saturated carbocycles. The number of aryl methyl sites for hydroxylation is 1. The number of nitrogen functional groups attached to an aromatic ring is 1. The third kappa shape index (κ3) is 9.33. The van der Waals surface area contributed by atoms with E-state index in [4.69, 9.17) is 5.73 Å². The van der Waals surface area contributed by atoms with Crippen molar-refractivity contribution < 1.29 is 26.7 Å². The molecule has 34 heavy (non-hydrogen) atoms. The number of hydrogen-bond donors (Lipinski definition) is 1. The Morgan fingerprint density at radius 1 is 1.09 bits per heavy atom. The second kappa shape index (κ2) is 14.3. The number of carbonyl (C=O) groups is 1. The number of Topliss-reactive ketones (excluding diaryl/α,β-unsaturated/α-hetero) is 1. The molecule has 0 unspecified atom stereocenters. The highest BCUT2D eigenvalue weighted by molar-refractivity contribution is 5.94. The molecule has 0 atom stereocenters.